The van der Waals surface area contributed by atoms with Crippen molar-refractivity contribution < 1.29 is 0 Å². The molecule has 5 rings (SSSR count). The van der Waals surface area contributed by atoms with Crippen molar-refractivity contribution in [1.82, 2.24) is 24.7 Å². The van der Waals surface area contributed by atoms with Gasteiger partial charge in [0, 0.05) is 48.5 Å². The minimum atomic E-state index is 0. The van der Waals surface area contributed by atoms with Crippen LogP contribution < -0.4 is 5.32 Å². The highest BCUT2D eigenvalue weighted by Crippen LogP contribution is 2.42. The van der Waals surface area contributed by atoms with Gasteiger partial charge < -0.3 is 5.32 Å². The van der Waals surface area contributed by atoms with Crippen LogP contribution in [0.3, 0.4) is 0 Å². The lowest BCUT2D eigenvalue weighted by molar-refractivity contribution is 0.768. The number of hydrogen-bond donors (Lipinski definition) is 1. The van der Waals surface area contributed by atoms with E-state index in [4.69, 9.17) is 10.2 Å². The number of nitriles is 1. The second-order valence-electron chi connectivity index (χ2n) is 7.48. The second-order valence-corrected chi connectivity index (χ2v) is 7.48. The molecule has 1 aliphatic carbocycles. The summed E-state index contributed by atoms with van der Waals surface area (Å²) in [5, 5.41) is 16.6. The summed E-state index contributed by atoms with van der Waals surface area (Å²) in [6, 6.07) is 11.8. The Bertz CT molecular complexity index is 1270. The van der Waals surface area contributed by atoms with Gasteiger partial charge in [-0.05, 0) is 54.7 Å². The summed E-state index contributed by atoms with van der Waals surface area (Å²) in [6.07, 6.45) is 11.5. The number of rotatable bonds is 5. The van der Waals surface area contributed by atoms with Crippen LogP contribution in [0, 0.1) is 11.3 Å². The van der Waals surface area contributed by atoms with Crippen molar-refractivity contribution in [3.8, 4) is 28.5 Å². The SMILES string of the molecule is Cl.Cn1cc(-c2cncc(-c3cc(C4CC4)cc(Nc4cc(C#N)ccn4)n3)c2)cn1. The number of halogens is 1. The fraction of sp³-hybridized carbons (Fsp3) is 0.174. The number of aromatic nitrogens is 5. The zero-order valence-corrected chi connectivity index (χ0v) is 17.7. The smallest absolute Gasteiger partial charge is 0.132 e. The van der Waals surface area contributed by atoms with Crippen LogP contribution >= 0.6 is 12.4 Å². The Morgan fingerprint density at radius 3 is 2.61 bits per heavy atom. The number of pyridine rings is 3. The molecule has 4 aromatic heterocycles. The molecule has 4 aromatic rings. The van der Waals surface area contributed by atoms with E-state index in [0.29, 0.717) is 23.1 Å². The summed E-state index contributed by atoms with van der Waals surface area (Å²) in [5.41, 5.74) is 5.63. The quantitative estimate of drug-likeness (QED) is 0.487. The van der Waals surface area contributed by atoms with Crippen molar-refractivity contribution in [3.63, 3.8) is 0 Å². The van der Waals surface area contributed by atoms with E-state index in [0.717, 1.165) is 22.4 Å². The van der Waals surface area contributed by atoms with Crippen molar-refractivity contribution in [1.29, 1.82) is 5.26 Å². The molecule has 1 N–H and O–H groups in total. The molecule has 7 nitrogen and oxygen atoms in total. The number of hydrogen-bond acceptors (Lipinski definition) is 6. The zero-order valence-electron chi connectivity index (χ0n) is 16.9. The molecular formula is C23H20ClN7. The van der Waals surface area contributed by atoms with Crippen LogP contribution in [-0.4, -0.2) is 24.7 Å². The molecule has 0 spiro atoms. The predicted octanol–water partition coefficient (Wildman–Crippen LogP) is 4.85. The molecule has 0 amide bonds. The Kier molecular flexibility index (Phi) is 5.65. The van der Waals surface area contributed by atoms with Gasteiger partial charge in [0.1, 0.15) is 11.6 Å². The summed E-state index contributed by atoms with van der Waals surface area (Å²) in [5.74, 6) is 1.88. The van der Waals surface area contributed by atoms with Crippen LogP contribution in [0.1, 0.15) is 29.9 Å². The monoisotopic (exact) mass is 429 g/mol. The second kappa shape index (κ2) is 8.54. The summed E-state index contributed by atoms with van der Waals surface area (Å²) >= 11 is 0. The topological polar surface area (TPSA) is 92.3 Å². The summed E-state index contributed by atoms with van der Waals surface area (Å²) < 4.78 is 1.78. The molecule has 0 aliphatic heterocycles. The molecule has 1 saturated carbocycles. The molecule has 4 heterocycles. The maximum atomic E-state index is 9.13. The standard InChI is InChI=1S/C23H19N7.ClH/c1-30-14-20(13-27-30)18-7-19(12-25-11-18)21-8-17(16-2-3-16)9-23(28-21)29-22-6-15(10-24)4-5-26-22;/h4-9,11-14,16H,2-3H2,1H3,(H,26,28,29);1H. The minimum absolute atomic E-state index is 0. The fourth-order valence-electron chi connectivity index (χ4n) is 3.42. The van der Waals surface area contributed by atoms with E-state index in [9.17, 15) is 0 Å². The van der Waals surface area contributed by atoms with Crippen molar-refractivity contribution >= 4 is 24.0 Å². The molecule has 0 radical (unpaired) electrons. The van der Waals surface area contributed by atoms with Gasteiger partial charge in [0.15, 0.2) is 0 Å². The van der Waals surface area contributed by atoms with Gasteiger partial charge >= 0.3 is 0 Å². The molecule has 0 bridgehead atoms. The number of anilines is 2. The van der Waals surface area contributed by atoms with Gasteiger partial charge in [-0.25, -0.2) is 9.97 Å². The maximum Gasteiger partial charge on any atom is 0.132 e. The van der Waals surface area contributed by atoms with Crippen LogP contribution in [-0.2, 0) is 7.05 Å². The van der Waals surface area contributed by atoms with Gasteiger partial charge in [-0.3, -0.25) is 9.67 Å². The van der Waals surface area contributed by atoms with Crippen molar-refractivity contribution in [2.45, 2.75) is 18.8 Å². The molecule has 0 saturated heterocycles. The first-order chi connectivity index (χ1) is 14.7. The lowest BCUT2D eigenvalue weighted by Gasteiger charge is -2.11. The number of aryl methyl sites for hydroxylation is 1. The summed E-state index contributed by atoms with van der Waals surface area (Å²) in [4.78, 5) is 13.5. The van der Waals surface area contributed by atoms with Gasteiger partial charge in [-0.15, -0.1) is 12.4 Å². The Morgan fingerprint density at radius 1 is 1.03 bits per heavy atom. The maximum absolute atomic E-state index is 9.13. The average molecular weight is 430 g/mol. The van der Waals surface area contributed by atoms with E-state index in [1.54, 1.807) is 23.0 Å². The van der Waals surface area contributed by atoms with Gasteiger partial charge in [-0.2, -0.15) is 10.4 Å². The van der Waals surface area contributed by atoms with Crippen LogP contribution in [0.2, 0.25) is 0 Å². The lowest BCUT2D eigenvalue weighted by Crippen LogP contribution is -1.99. The molecule has 154 valence electrons. The van der Waals surface area contributed by atoms with Crippen LogP contribution in [0.25, 0.3) is 22.4 Å². The first-order valence-corrected chi connectivity index (χ1v) is 9.77. The number of nitrogens with zero attached hydrogens (tertiary/aromatic N) is 6. The van der Waals surface area contributed by atoms with E-state index in [1.165, 1.54) is 18.4 Å². The van der Waals surface area contributed by atoms with Crippen LogP contribution in [0.5, 0.6) is 0 Å². The molecule has 0 atom stereocenters. The third-order valence-electron chi connectivity index (χ3n) is 5.11. The van der Waals surface area contributed by atoms with Gasteiger partial charge in [0.2, 0.25) is 0 Å². The normalized spacial score (nSPS) is 12.6. The highest BCUT2D eigenvalue weighted by atomic mass is 35.5. The van der Waals surface area contributed by atoms with Crippen molar-refractivity contribution in [2.24, 2.45) is 7.05 Å². The van der Waals surface area contributed by atoms with E-state index in [2.05, 4.69) is 44.7 Å². The average Bonchev–Trinajstić information content (AvgIpc) is 3.54. The first kappa shape index (κ1) is 20.5. The third kappa shape index (κ3) is 4.55. The molecule has 1 fully saturated rings. The Morgan fingerprint density at radius 2 is 1.87 bits per heavy atom. The summed E-state index contributed by atoms with van der Waals surface area (Å²) in [6.45, 7) is 0. The minimum Gasteiger partial charge on any atom is -0.325 e. The lowest BCUT2D eigenvalue weighted by atomic mass is 10.0. The predicted molar refractivity (Wildman–Crippen MR) is 121 cm³/mol. The summed E-state index contributed by atoms with van der Waals surface area (Å²) in [7, 11) is 1.90. The van der Waals surface area contributed by atoms with Crippen molar-refractivity contribution in [3.05, 3.63) is 72.4 Å². The van der Waals surface area contributed by atoms with Gasteiger partial charge in [0.05, 0.1) is 23.5 Å². The number of nitrogens with one attached hydrogen (secondary N) is 1. The van der Waals surface area contributed by atoms with Gasteiger partial charge in [-0.1, -0.05) is 0 Å². The van der Waals surface area contributed by atoms with Crippen molar-refractivity contribution in [2.75, 3.05) is 5.32 Å². The fourth-order valence-corrected chi connectivity index (χ4v) is 3.42. The molecule has 1 aliphatic rings. The van der Waals surface area contributed by atoms with Crippen LogP contribution in [0.4, 0.5) is 11.6 Å². The highest BCUT2D eigenvalue weighted by Gasteiger charge is 2.25. The van der Waals surface area contributed by atoms with E-state index >= 15 is 0 Å². The van der Waals surface area contributed by atoms with Crippen LogP contribution in [0.15, 0.2) is 61.3 Å². The first-order valence-electron chi connectivity index (χ1n) is 9.77. The third-order valence-corrected chi connectivity index (χ3v) is 5.11. The van der Waals surface area contributed by atoms with E-state index in [-0.39, 0.29) is 12.4 Å². The Labute approximate surface area is 186 Å². The van der Waals surface area contributed by atoms with Gasteiger partial charge in [0.25, 0.3) is 0 Å². The highest BCUT2D eigenvalue weighted by molar-refractivity contribution is 5.85. The Hall–Kier alpha value is -3.76. The molecule has 8 heteroatoms. The largest absolute Gasteiger partial charge is 0.325 e. The molecular weight excluding hydrogens is 410 g/mol. The molecule has 31 heavy (non-hydrogen) atoms. The molecule has 0 aromatic carbocycles. The zero-order chi connectivity index (χ0) is 20.5. The molecule has 0 unspecified atom stereocenters. The Balaban J connectivity index is 0.00000231. The van der Waals surface area contributed by atoms with E-state index in [1.807, 2.05) is 31.8 Å². The van der Waals surface area contributed by atoms with E-state index < -0.39 is 0 Å².